The Morgan fingerprint density at radius 1 is 1.11 bits per heavy atom. The summed E-state index contributed by atoms with van der Waals surface area (Å²) in [7, 11) is 0. The summed E-state index contributed by atoms with van der Waals surface area (Å²) in [6.07, 6.45) is 10.5. The Balaban J connectivity index is 1.27. The number of rotatable bonds is 5. The van der Waals surface area contributed by atoms with E-state index in [0.717, 1.165) is 62.4 Å². The Labute approximate surface area is 216 Å². The number of hydrogen-bond acceptors (Lipinski definition) is 6. The zero-order valence-corrected chi connectivity index (χ0v) is 21.7. The first kappa shape index (κ1) is 24.6. The Kier molecular flexibility index (Phi) is 7.18. The molecule has 36 heavy (non-hydrogen) atoms. The van der Waals surface area contributed by atoms with Crippen LogP contribution in [0.15, 0.2) is 36.8 Å². The summed E-state index contributed by atoms with van der Waals surface area (Å²) in [6, 6.07) is 4.39. The molecule has 1 unspecified atom stereocenters. The molecule has 0 bridgehead atoms. The molecule has 1 amide bonds. The van der Waals surface area contributed by atoms with Gasteiger partial charge in [-0.15, -0.1) is 0 Å². The van der Waals surface area contributed by atoms with Gasteiger partial charge in [0.05, 0.1) is 53.3 Å². The fourth-order valence-corrected chi connectivity index (χ4v) is 5.32. The van der Waals surface area contributed by atoms with E-state index in [9.17, 15) is 4.79 Å². The normalized spacial score (nSPS) is 18.7. The van der Waals surface area contributed by atoms with E-state index in [2.05, 4.69) is 26.4 Å². The summed E-state index contributed by atoms with van der Waals surface area (Å²) >= 11 is 6.35. The molecular formula is C27H31ClN6O2. The summed E-state index contributed by atoms with van der Waals surface area (Å²) in [5.74, 6) is 0.249. The lowest BCUT2D eigenvalue weighted by molar-refractivity contribution is 0.0150. The Morgan fingerprint density at radius 2 is 1.92 bits per heavy atom. The smallest absolute Gasteiger partial charge is 0.259 e. The number of allylic oxidation sites excluding steroid dienone is 1. The lowest BCUT2D eigenvalue weighted by atomic mass is 9.90. The SMILES string of the molecule is Cc1cnc(-n2ncc(C(=O)Nc3cnc(C4=CCC(N5CCOCC5)CC4)c(C)c3)c2C)c(Cl)c1. The van der Waals surface area contributed by atoms with Crippen LogP contribution in [-0.2, 0) is 4.74 Å². The molecule has 1 saturated heterocycles. The number of nitrogens with one attached hydrogen (secondary N) is 1. The monoisotopic (exact) mass is 506 g/mol. The van der Waals surface area contributed by atoms with Gasteiger partial charge in [0, 0.05) is 25.3 Å². The summed E-state index contributed by atoms with van der Waals surface area (Å²) < 4.78 is 7.08. The van der Waals surface area contributed by atoms with Crippen molar-refractivity contribution in [3.05, 3.63) is 69.9 Å². The number of hydrogen-bond donors (Lipinski definition) is 1. The minimum atomic E-state index is -0.249. The highest BCUT2D eigenvalue weighted by molar-refractivity contribution is 6.32. The summed E-state index contributed by atoms with van der Waals surface area (Å²) in [5.41, 5.74) is 6.08. The molecule has 0 saturated carbocycles. The van der Waals surface area contributed by atoms with E-state index in [-0.39, 0.29) is 5.91 Å². The van der Waals surface area contributed by atoms with Gasteiger partial charge in [-0.05, 0) is 68.9 Å². The average molecular weight is 507 g/mol. The second kappa shape index (κ2) is 10.5. The maximum Gasteiger partial charge on any atom is 0.259 e. The van der Waals surface area contributed by atoms with Crippen LogP contribution in [0.5, 0.6) is 0 Å². The largest absolute Gasteiger partial charge is 0.379 e. The van der Waals surface area contributed by atoms with Crippen molar-refractivity contribution in [2.24, 2.45) is 0 Å². The van der Waals surface area contributed by atoms with Gasteiger partial charge in [0.1, 0.15) is 0 Å². The molecule has 1 atom stereocenters. The van der Waals surface area contributed by atoms with E-state index < -0.39 is 0 Å². The molecule has 0 radical (unpaired) electrons. The van der Waals surface area contributed by atoms with E-state index in [4.69, 9.17) is 21.3 Å². The molecule has 188 valence electrons. The van der Waals surface area contributed by atoms with Crippen LogP contribution in [0.3, 0.4) is 0 Å². The van der Waals surface area contributed by atoms with Crippen molar-refractivity contribution in [3.63, 3.8) is 0 Å². The third kappa shape index (κ3) is 5.07. The van der Waals surface area contributed by atoms with Gasteiger partial charge >= 0.3 is 0 Å². The fourth-order valence-electron chi connectivity index (χ4n) is 5.02. The number of nitrogens with zero attached hydrogens (tertiary/aromatic N) is 5. The number of morpholine rings is 1. The molecule has 3 aromatic rings. The van der Waals surface area contributed by atoms with Crippen molar-refractivity contribution >= 4 is 28.8 Å². The maximum atomic E-state index is 13.0. The molecule has 0 spiro atoms. The number of halogens is 1. The number of aryl methyl sites for hydroxylation is 2. The van der Waals surface area contributed by atoms with Crippen LogP contribution in [0, 0.1) is 20.8 Å². The predicted octanol–water partition coefficient (Wildman–Crippen LogP) is 4.76. The van der Waals surface area contributed by atoms with Crippen LogP contribution in [0.4, 0.5) is 5.69 Å². The lowest BCUT2D eigenvalue weighted by Gasteiger charge is -2.36. The van der Waals surface area contributed by atoms with Gasteiger partial charge in [0.2, 0.25) is 0 Å². The molecular weight excluding hydrogens is 476 g/mol. The molecule has 3 aromatic heterocycles. The number of amides is 1. The number of aromatic nitrogens is 4. The van der Waals surface area contributed by atoms with Gasteiger partial charge in [-0.25, -0.2) is 9.67 Å². The van der Waals surface area contributed by atoms with Crippen LogP contribution in [-0.4, -0.2) is 62.9 Å². The predicted molar refractivity (Wildman–Crippen MR) is 141 cm³/mol. The highest BCUT2D eigenvalue weighted by Crippen LogP contribution is 2.31. The minimum absolute atomic E-state index is 0.249. The van der Waals surface area contributed by atoms with E-state index in [1.165, 1.54) is 11.8 Å². The molecule has 1 N–H and O–H groups in total. The van der Waals surface area contributed by atoms with Gasteiger partial charge < -0.3 is 10.1 Å². The van der Waals surface area contributed by atoms with Gasteiger partial charge in [-0.3, -0.25) is 14.7 Å². The number of carbonyl (C=O) groups excluding carboxylic acids is 1. The van der Waals surface area contributed by atoms with Gasteiger partial charge in [-0.2, -0.15) is 5.10 Å². The number of carbonyl (C=O) groups is 1. The highest BCUT2D eigenvalue weighted by Gasteiger charge is 2.24. The van der Waals surface area contributed by atoms with Gasteiger partial charge in [0.15, 0.2) is 5.82 Å². The third-order valence-corrected chi connectivity index (χ3v) is 7.28. The van der Waals surface area contributed by atoms with E-state index in [1.54, 1.807) is 17.1 Å². The van der Waals surface area contributed by atoms with Crippen LogP contribution >= 0.6 is 11.6 Å². The molecule has 8 nitrogen and oxygen atoms in total. The van der Waals surface area contributed by atoms with Crippen LogP contribution in [0.1, 0.15) is 52.1 Å². The molecule has 5 rings (SSSR count). The van der Waals surface area contributed by atoms with Gasteiger partial charge in [0.25, 0.3) is 5.91 Å². The standard InChI is InChI=1S/C27H31ClN6O2/c1-17-12-24(28)26(30-14-17)34-19(3)23(16-31-34)27(35)32-21-13-18(2)25(29-15-21)20-4-6-22(7-5-20)33-8-10-36-11-9-33/h4,12-16,22H,5-11H2,1-3H3,(H,32,35). The van der Waals surface area contributed by atoms with E-state index >= 15 is 0 Å². The molecule has 1 aliphatic carbocycles. The first-order valence-corrected chi connectivity index (χ1v) is 12.7. The molecule has 0 aromatic carbocycles. The van der Waals surface area contributed by atoms with Crippen molar-refractivity contribution in [1.29, 1.82) is 0 Å². The first-order chi connectivity index (χ1) is 17.4. The lowest BCUT2D eigenvalue weighted by Crippen LogP contribution is -2.43. The van der Waals surface area contributed by atoms with Crippen LogP contribution < -0.4 is 5.32 Å². The fraction of sp³-hybridized carbons (Fsp3) is 0.407. The Hall–Kier alpha value is -3.07. The molecule has 2 aliphatic rings. The zero-order chi connectivity index (χ0) is 25.2. The molecule has 1 fully saturated rings. The van der Waals surface area contributed by atoms with Crippen LogP contribution in [0.2, 0.25) is 5.02 Å². The summed E-state index contributed by atoms with van der Waals surface area (Å²) in [4.78, 5) is 24.7. The number of ether oxygens (including phenoxy) is 1. The number of anilines is 1. The quantitative estimate of drug-likeness (QED) is 0.537. The second-order valence-electron chi connectivity index (χ2n) is 9.52. The first-order valence-electron chi connectivity index (χ1n) is 12.4. The van der Waals surface area contributed by atoms with E-state index in [0.29, 0.717) is 33.8 Å². The van der Waals surface area contributed by atoms with Crippen molar-refractivity contribution in [2.75, 3.05) is 31.6 Å². The molecule has 1 aliphatic heterocycles. The van der Waals surface area contributed by atoms with Crippen molar-refractivity contribution in [1.82, 2.24) is 24.6 Å². The van der Waals surface area contributed by atoms with E-state index in [1.807, 2.05) is 32.9 Å². The topological polar surface area (TPSA) is 85.2 Å². The van der Waals surface area contributed by atoms with Gasteiger partial charge in [-0.1, -0.05) is 17.7 Å². The van der Waals surface area contributed by atoms with Crippen molar-refractivity contribution < 1.29 is 9.53 Å². The Bertz CT molecular complexity index is 1310. The minimum Gasteiger partial charge on any atom is -0.379 e. The molecule has 9 heteroatoms. The van der Waals surface area contributed by atoms with Crippen molar-refractivity contribution in [3.8, 4) is 5.82 Å². The summed E-state index contributed by atoms with van der Waals surface area (Å²) in [6.45, 7) is 9.49. The van der Waals surface area contributed by atoms with Crippen LogP contribution in [0.25, 0.3) is 11.4 Å². The summed E-state index contributed by atoms with van der Waals surface area (Å²) in [5, 5.41) is 7.79. The zero-order valence-electron chi connectivity index (χ0n) is 20.9. The average Bonchev–Trinajstić information content (AvgIpc) is 3.26. The second-order valence-corrected chi connectivity index (χ2v) is 9.93. The Morgan fingerprint density at radius 3 is 2.61 bits per heavy atom. The highest BCUT2D eigenvalue weighted by atomic mass is 35.5. The molecule has 4 heterocycles. The van der Waals surface area contributed by atoms with Crippen molar-refractivity contribution in [2.45, 2.75) is 46.1 Å². The number of pyridine rings is 2. The third-order valence-electron chi connectivity index (χ3n) is 7.00. The maximum absolute atomic E-state index is 13.0.